The number of aldehydes is 1. The summed E-state index contributed by atoms with van der Waals surface area (Å²) in [5.74, 6) is -0.333. The Kier molecular flexibility index (Phi) is 4.07. The molecule has 2 heterocycles. The number of halogens is 2. The van der Waals surface area contributed by atoms with E-state index < -0.39 is 0 Å². The Morgan fingerprint density at radius 3 is 2.52 bits per heavy atom. The minimum Gasteiger partial charge on any atom is -0.296 e. The summed E-state index contributed by atoms with van der Waals surface area (Å²) >= 11 is 7.32. The molecule has 0 N–H and O–H groups in total. The first-order valence-corrected chi connectivity index (χ1v) is 8.67. The van der Waals surface area contributed by atoms with Gasteiger partial charge in [0.1, 0.15) is 22.2 Å². The van der Waals surface area contributed by atoms with Gasteiger partial charge in [-0.05, 0) is 42.0 Å². The Morgan fingerprint density at radius 1 is 1.12 bits per heavy atom. The highest BCUT2D eigenvalue weighted by Crippen LogP contribution is 2.27. The number of fused-ring (bicyclic) bond motifs is 1. The van der Waals surface area contributed by atoms with E-state index in [9.17, 15) is 9.18 Å². The highest BCUT2D eigenvalue weighted by molar-refractivity contribution is 7.16. The highest BCUT2D eigenvalue weighted by Gasteiger charge is 2.17. The van der Waals surface area contributed by atoms with Crippen molar-refractivity contribution in [3.05, 3.63) is 75.6 Å². The van der Waals surface area contributed by atoms with Crippen LogP contribution in [0.15, 0.2) is 48.5 Å². The average Bonchev–Trinajstić information content (AvgIpc) is 3.14. The number of nitrogens with zero attached hydrogens (tertiary/aromatic N) is 3. The van der Waals surface area contributed by atoms with Gasteiger partial charge in [-0.25, -0.2) is 9.37 Å². The predicted molar refractivity (Wildman–Crippen MR) is 95.9 cm³/mol. The molecule has 0 aliphatic heterocycles. The minimum absolute atomic E-state index is 0.333. The average molecular weight is 372 g/mol. The summed E-state index contributed by atoms with van der Waals surface area (Å²) in [6.07, 6.45) is 1.36. The Labute approximate surface area is 151 Å². The van der Waals surface area contributed by atoms with Gasteiger partial charge in [-0.2, -0.15) is 9.61 Å². The normalized spacial score (nSPS) is 11.1. The lowest BCUT2D eigenvalue weighted by Crippen LogP contribution is -1.96. The molecule has 0 aliphatic rings. The Balaban J connectivity index is 1.72. The lowest BCUT2D eigenvalue weighted by molar-refractivity contribution is 0.111. The summed E-state index contributed by atoms with van der Waals surface area (Å²) in [5, 5.41) is 6.03. The molecule has 0 radical (unpaired) electrons. The summed E-state index contributed by atoms with van der Waals surface area (Å²) in [4.78, 5) is 16.7. The second kappa shape index (κ2) is 6.38. The Bertz CT molecular complexity index is 1050. The topological polar surface area (TPSA) is 47.3 Å². The SMILES string of the molecule is O=Cc1c(-c2ccc(F)cc2)nc2sc(Cc3ccc(Cl)cc3)nn12. The third-order valence-electron chi connectivity index (χ3n) is 3.78. The molecule has 0 aliphatic carbocycles. The molecule has 2 aromatic carbocycles. The third-order valence-corrected chi connectivity index (χ3v) is 4.94. The minimum atomic E-state index is -0.333. The number of benzene rings is 2. The van der Waals surface area contributed by atoms with E-state index in [2.05, 4.69) is 10.1 Å². The van der Waals surface area contributed by atoms with Crippen LogP contribution in [0.2, 0.25) is 5.02 Å². The first-order chi connectivity index (χ1) is 12.1. The molecule has 4 rings (SSSR count). The number of hydrogen-bond acceptors (Lipinski definition) is 4. The second-order valence-corrected chi connectivity index (χ2v) is 6.94. The molecule has 0 atom stereocenters. The fourth-order valence-electron chi connectivity index (χ4n) is 2.58. The molecule has 0 amide bonds. The fourth-order valence-corrected chi connectivity index (χ4v) is 3.64. The van der Waals surface area contributed by atoms with Crippen molar-refractivity contribution in [2.24, 2.45) is 0 Å². The van der Waals surface area contributed by atoms with Crippen LogP contribution in [0.5, 0.6) is 0 Å². The highest BCUT2D eigenvalue weighted by atomic mass is 35.5. The predicted octanol–water partition coefficient (Wildman–Crippen LogP) is 4.65. The number of rotatable bonds is 4. The molecule has 124 valence electrons. The summed E-state index contributed by atoms with van der Waals surface area (Å²) < 4.78 is 14.6. The molecule has 0 saturated carbocycles. The van der Waals surface area contributed by atoms with Gasteiger partial charge in [0.05, 0.1) is 0 Å². The fraction of sp³-hybridized carbons (Fsp3) is 0.0556. The number of imidazole rings is 1. The molecule has 0 saturated heterocycles. The van der Waals surface area contributed by atoms with Crippen LogP contribution in [0.3, 0.4) is 0 Å². The molecule has 4 nitrogen and oxygen atoms in total. The second-order valence-electron chi connectivity index (χ2n) is 5.46. The van der Waals surface area contributed by atoms with E-state index >= 15 is 0 Å². The van der Waals surface area contributed by atoms with Crippen molar-refractivity contribution >= 4 is 34.2 Å². The van der Waals surface area contributed by atoms with Crippen LogP contribution in [-0.2, 0) is 6.42 Å². The van der Waals surface area contributed by atoms with Gasteiger partial charge in [0.25, 0.3) is 0 Å². The first kappa shape index (κ1) is 15.9. The lowest BCUT2D eigenvalue weighted by Gasteiger charge is -1.99. The monoisotopic (exact) mass is 371 g/mol. The van der Waals surface area contributed by atoms with Gasteiger partial charge >= 0.3 is 0 Å². The van der Waals surface area contributed by atoms with E-state index in [0.717, 1.165) is 16.9 Å². The van der Waals surface area contributed by atoms with Gasteiger partial charge in [-0.1, -0.05) is 35.1 Å². The standard InChI is InChI=1S/C18H11ClFN3OS/c19-13-5-1-11(2-6-13)9-16-22-23-15(10-24)17(21-18(23)25-16)12-3-7-14(20)8-4-12/h1-8,10H,9H2. The van der Waals surface area contributed by atoms with Crippen LogP contribution in [0.4, 0.5) is 4.39 Å². The van der Waals surface area contributed by atoms with Crippen molar-refractivity contribution in [1.29, 1.82) is 0 Å². The number of carbonyl (C=O) groups excluding carboxylic acids is 1. The lowest BCUT2D eigenvalue weighted by atomic mass is 10.1. The molecule has 25 heavy (non-hydrogen) atoms. The molecule has 4 aromatic rings. The molecule has 7 heteroatoms. The summed E-state index contributed by atoms with van der Waals surface area (Å²) in [6, 6.07) is 13.4. The molecule has 0 bridgehead atoms. The van der Waals surface area contributed by atoms with E-state index in [1.165, 1.54) is 23.5 Å². The maximum absolute atomic E-state index is 13.1. The summed E-state index contributed by atoms with van der Waals surface area (Å²) in [6.45, 7) is 0. The molecule has 0 unspecified atom stereocenters. The molecule has 0 fully saturated rings. The summed E-state index contributed by atoms with van der Waals surface area (Å²) in [7, 11) is 0. The van der Waals surface area contributed by atoms with Gasteiger partial charge in [0, 0.05) is 17.0 Å². The molecule has 2 aromatic heterocycles. The zero-order valence-corrected chi connectivity index (χ0v) is 14.4. The smallest absolute Gasteiger partial charge is 0.213 e. The number of carbonyl (C=O) groups is 1. The van der Waals surface area contributed by atoms with Crippen molar-refractivity contribution in [2.45, 2.75) is 6.42 Å². The van der Waals surface area contributed by atoms with Gasteiger partial charge in [-0.3, -0.25) is 4.79 Å². The van der Waals surface area contributed by atoms with Crippen LogP contribution in [0.1, 0.15) is 21.1 Å². The molecular formula is C18H11ClFN3OS. The maximum Gasteiger partial charge on any atom is 0.213 e. The molecular weight excluding hydrogens is 361 g/mol. The number of hydrogen-bond donors (Lipinski definition) is 0. The third kappa shape index (κ3) is 3.06. The van der Waals surface area contributed by atoms with Crippen LogP contribution in [-0.4, -0.2) is 20.9 Å². The maximum atomic E-state index is 13.1. The van der Waals surface area contributed by atoms with Crippen LogP contribution in [0, 0.1) is 5.82 Å². The van der Waals surface area contributed by atoms with Crippen molar-refractivity contribution < 1.29 is 9.18 Å². The van der Waals surface area contributed by atoms with Crippen molar-refractivity contribution in [2.75, 3.05) is 0 Å². The summed E-state index contributed by atoms with van der Waals surface area (Å²) in [5.41, 5.74) is 2.63. The van der Waals surface area contributed by atoms with Crippen molar-refractivity contribution in [3.8, 4) is 11.3 Å². The largest absolute Gasteiger partial charge is 0.296 e. The van der Waals surface area contributed by atoms with Gasteiger partial charge < -0.3 is 0 Å². The van der Waals surface area contributed by atoms with Crippen molar-refractivity contribution in [3.63, 3.8) is 0 Å². The van der Waals surface area contributed by atoms with E-state index in [1.807, 2.05) is 24.3 Å². The molecule has 0 spiro atoms. The van der Waals surface area contributed by atoms with Crippen molar-refractivity contribution in [1.82, 2.24) is 14.6 Å². The zero-order valence-electron chi connectivity index (χ0n) is 12.8. The number of aromatic nitrogens is 3. The van der Waals surface area contributed by atoms with Gasteiger partial charge in [-0.15, -0.1) is 0 Å². The zero-order chi connectivity index (χ0) is 17.4. The van der Waals surface area contributed by atoms with Gasteiger partial charge in [0.15, 0.2) is 6.29 Å². The van der Waals surface area contributed by atoms with Gasteiger partial charge in [0.2, 0.25) is 4.96 Å². The van der Waals surface area contributed by atoms with Crippen LogP contribution >= 0.6 is 22.9 Å². The van der Waals surface area contributed by atoms with E-state index in [1.54, 1.807) is 16.6 Å². The first-order valence-electron chi connectivity index (χ1n) is 7.48. The van der Waals surface area contributed by atoms with E-state index in [-0.39, 0.29) is 5.82 Å². The quantitative estimate of drug-likeness (QED) is 0.490. The van der Waals surface area contributed by atoms with Crippen LogP contribution < -0.4 is 0 Å². The Hall–Kier alpha value is -2.57. The Morgan fingerprint density at radius 2 is 1.84 bits per heavy atom. The van der Waals surface area contributed by atoms with Crippen LogP contribution in [0.25, 0.3) is 16.2 Å². The van der Waals surface area contributed by atoms with E-state index in [0.29, 0.717) is 33.4 Å². The van der Waals surface area contributed by atoms with E-state index in [4.69, 9.17) is 11.6 Å².